The summed E-state index contributed by atoms with van der Waals surface area (Å²) in [5.74, 6) is 0.751. The number of carbonyl (C=O) groups is 1. The van der Waals surface area contributed by atoms with Crippen molar-refractivity contribution in [3.8, 4) is 0 Å². The van der Waals surface area contributed by atoms with Gasteiger partial charge in [-0.2, -0.15) is 0 Å². The number of fused-ring (bicyclic) bond motifs is 2. The molecular formula is C19H25NO. The first kappa shape index (κ1) is 14.4. The van der Waals surface area contributed by atoms with Crippen LogP contribution in [0.1, 0.15) is 44.2 Å². The standard InChI is InChI=1S/C19H25NO/c1-12-8-13(2)10-16(9-12)20-17(21)19-7-6-15(11-19)18(4,5)14(19)3/h8-10,15H,3,6-7,11H2,1-2,4-5H3,(H,20,21)/t15-,19+/m1/s1. The Kier molecular flexibility index (Phi) is 3.05. The zero-order valence-electron chi connectivity index (χ0n) is 13.5. The number of hydrogen-bond donors (Lipinski definition) is 1. The van der Waals surface area contributed by atoms with Gasteiger partial charge in [0.15, 0.2) is 0 Å². The first-order chi connectivity index (χ1) is 9.75. The molecule has 0 aliphatic heterocycles. The Hall–Kier alpha value is -1.57. The number of rotatable bonds is 2. The molecule has 1 N–H and O–H groups in total. The lowest BCUT2D eigenvalue weighted by Gasteiger charge is -2.37. The minimum atomic E-state index is -0.341. The fourth-order valence-corrected chi connectivity index (χ4v) is 4.44. The molecule has 0 radical (unpaired) electrons. The van der Waals surface area contributed by atoms with Gasteiger partial charge < -0.3 is 5.32 Å². The van der Waals surface area contributed by atoms with Gasteiger partial charge in [0, 0.05) is 5.69 Å². The average Bonchev–Trinajstić information content (AvgIpc) is 2.89. The molecule has 0 unspecified atom stereocenters. The number of amides is 1. The Morgan fingerprint density at radius 2 is 1.86 bits per heavy atom. The second-order valence-electron chi connectivity index (χ2n) is 7.55. The van der Waals surface area contributed by atoms with Crippen LogP contribution < -0.4 is 5.32 Å². The molecule has 2 aliphatic rings. The maximum atomic E-state index is 12.9. The van der Waals surface area contributed by atoms with E-state index < -0.39 is 0 Å². The first-order valence-electron chi connectivity index (χ1n) is 7.85. The van der Waals surface area contributed by atoms with Crippen LogP contribution in [0.4, 0.5) is 5.69 Å². The Morgan fingerprint density at radius 1 is 1.24 bits per heavy atom. The van der Waals surface area contributed by atoms with Gasteiger partial charge in [-0.25, -0.2) is 0 Å². The highest BCUT2D eigenvalue weighted by Crippen LogP contribution is 2.65. The molecule has 1 amide bonds. The van der Waals surface area contributed by atoms with Crippen LogP contribution in [0.3, 0.4) is 0 Å². The van der Waals surface area contributed by atoms with Crippen LogP contribution in [0.2, 0.25) is 0 Å². The van der Waals surface area contributed by atoms with Crippen LogP contribution in [0, 0.1) is 30.6 Å². The van der Waals surface area contributed by atoms with E-state index in [0.717, 1.165) is 30.5 Å². The van der Waals surface area contributed by atoms with E-state index >= 15 is 0 Å². The van der Waals surface area contributed by atoms with Crippen molar-refractivity contribution in [2.75, 3.05) is 5.32 Å². The Morgan fingerprint density at radius 3 is 2.38 bits per heavy atom. The summed E-state index contributed by atoms with van der Waals surface area (Å²) >= 11 is 0. The molecule has 21 heavy (non-hydrogen) atoms. The lowest BCUT2D eigenvalue weighted by Crippen LogP contribution is -2.37. The van der Waals surface area contributed by atoms with Gasteiger partial charge in [0.25, 0.3) is 0 Å². The smallest absolute Gasteiger partial charge is 0.234 e. The summed E-state index contributed by atoms with van der Waals surface area (Å²) in [6.45, 7) is 12.9. The Balaban J connectivity index is 1.88. The highest BCUT2D eigenvalue weighted by molar-refractivity contribution is 5.98. The van der Waals surface area contributed by atoms with Crippen LogP contribution in [0.5, 0.6) is 0 Å². The molecule has 2 saturated carbocycles. The predicted molar refractivity (Wildman–Crippen MR) is 87.2 cm³/mol. The minimum absolute atomic E-state index is 0.0953. The highest BCUT2D eigenvalue weighted by atomic mass is 16.2. The van der Waals surface area contributed by atoms with Crippen LogP contribution in [-0.4, -0.2) is 5.91 Å². The maximum Gasteiger partial charge on any atom is 0.234 e. The van der Waals surface area contributed by atoms with Crippen molar-refractivity contribution >= 4 is 11.6 Å². The monoisotopic (exact) mass is 283 g/mol. The molecule has 3 rings (SSSR count). The van der Waals surface area contributed by atoms with E-state index in [1.165, 1.54) is 11.1 Å². The summed E-state index contributed by atoms with van der Waals surface area (Å²) in [7, 11) is 0. The van der Waals surface area contributed by atoms with Crippen molar-refractivity contribution in [1.29, 1.82) is 0 Å². The van der Waals surface area contributed by atoms with Crippen LogP contribution >= 0.6 is 0 Å². The maximum absolute atomic E-state index is 12.9. The number of anilines is 1. The van der Waals surface area contributed by atoms with Crippen molar-refractivity contribution in [3.05, 3.63) is 41.5 Å². The van der Waals surface area contributed by atoms with Gasteiger partial charge in [0.05, 0.1) is 5.41 Å². The van der Waals surface area contributed by atoms with E-state index in [0.29, 0.717) is 5.92 Å². The third kappa shape index (κ3) is 2.04. The molecule has 2 aliphatic carbocycles. The van der Waals surface area contributed by atoms with Crippen molar-refractivity contribution in [2.24, 2.45) is 16.7 Å². The summed E-state index contributed by atoms with van der Waals surface area (Å²) < 4.78 is 0. The second-order valence-corrected chi connectivity index (χ2v) is 7.55. The molecule has 1 aromatic carbocycles. The number of benzene rings is 1. The molecule has 0 spiro atoms. The van der Waals surface area contributed by atoms with Crippen LogP contribution in [0.25, 0.3) is 0 Å². The summed E-state index contributed by atoms with van der Waals surface area (Å²) in [5.41, 5.74) is 4.15. The van der Waals surface area contributed by atoms with Gasteiger partial charge in [0.2, 0.25) is 5.91 Å². The topological polar surface area (TPSA) is 29.1 Å². The van der Waals surface area contributed by atoms with Crippen molar-refractivity contribution in [3.63, 3.8) is 0 Å². The molecule has 2 heteroatoms. The quantitative estimate of drug-likeness (QED) is 0.788. The molecule has 2 atom stereocenters. The SMILES string of the molecule is C=C1C(C)(C)[C@@H]2CC[C@]1(C(=O)Nc1cc(C)cc(C)c1)C2. The van der Waals surface area contributed by atoms with Crippen molar-refractivity contribution in [2.45, 2.75) is 47.0 Å². The molecule has 2 nitrogen and oxygen atoms in total. The summed E-state index contributed by atoms with van der Waals surface area (Å²) in [5, 5.41) is 3.15. The van der Waals surface area contributed by atoms with Crippen molar-refractivity contribution in [1.82, 2.24) is 0 Å². The van der Waals surface area contributed by atoms with E-state index in [2.05, 4.69) is 45.7 Å². The average molecular weight is 283 g/mol. The minimum Gasteiger partial charge on any atom is -0.325 e. The van der Waals surface area contributed by atoms with E-state index in [-0.39, 0.29) is 16.7 Å². The summed E-state index contributed by atoms with van der Waals surface area (Å²) in [6.07, 6.45) is 3.07. The third-order valence-electron chi connectivity index (χ3n) is 5.80. The molecule has 2 fully saturated rings. The largest absolute Gasteiger partial charge is 0.325 e. The van der Waals surface area contributed by atoms with Crippen molar-refractivity contribution < 1.29 is 4.79 Å². The second kappa shape index (κ2) is 4.46. The highest BCUT2D eigenvalue weighted by Gasteiger charge is 2.60. The molecule has 0 aromatic heterocycles. The fourth-order valence-electron chi connectivity index (χ4n) is 4.44. The molecular weight excluding hydrogens is 258 g/mol. The van der Waals surface area contributed by atoms with E-state index in [1.807, 2.05) is 12.1 Å². The lowest BCUT2D eigenvalue weighted by molar-refractivity contribution is -0.123. The fraction of sp³-hybridized carbons (Fsp3) is 0.526. The molecule has 2 bridgehead atoms. The van der Waals surface area contributed by atoms with Gasteiger partial charge >= 0.3 is 0 Å². The van der Waals surface area contributed by atoms with Gasteiger partial charge in [-0.15, -0.1) is 0 Å². The van der Waals surface area contributed by atoms with E-state index in [4.69, 9.17) is 0 Å². The van der Waals surface area contributed by atoms with Crippen LogP contribution in [-0.2, 0) is 4.79 Å². The van der Waals surface area contributed by atoms with E-state index in [1.54, 1.807) is 0 Å². The zero-order chi connectivity index (χ0) is 15.4. The molecule has 112 valence electrons. The summed E-state index contributed by atoms with van der Waals surface area (Å²) in [6, 6.07) is 6.20. The van der Waals surface area contributed by atoms with Gasteiger partial charge in [0.1, 0.15) is 0 Å². The zero-order valence-corrected chi connectivity index (χ0v) is 13.5. The van der Waals surface area contributed by atoms with Gasteiger partial charge in [-0.05, 0) is 67.7 Å². The van der Waals surface area contributed by atoms with E-state index in [9.17, 15) is 4.79 Å². The normalized spacial score (nSPS) is 29.7. The van der Waals surface area contributed by atoms with Gasteiger partial charge in [-0.1, -0.05) is 32.1 Å². The lowest BCUT2D eigenvalue weighted by atomic mass is 9.68. The third-order valence-corrected chi connectivity index (χ3v) is 5.80. The first-order valence-corrected chi connectivity index (χ1v) is 7.85. The number of aryl methyl sites for hydroxylation is 2. The Bertz CT molecular complexity index is 608. The van der Waals surface area contributed by atoms with Crippen LogP contribution in [0.15, 0.2) is 30.4 Å². The number of nitrogens with one attached hydrogen (secondary N) is 1. The number of hydrogen-bond acceptors (Lipinski definition) is 1. The molecule has 0 saturated heterocycles. The Labute approximate surface area is 127 Å². The molecule has 1 aromatic rings. The predicted octanol–water partition coefficient (Wildman–Crippen LogP) is 4.62. The summed E-state index contributed by atoms with van der Waals surface area (Å²) in [4.78, 5) is 12.9. The number of carbonyl (C=O) groups excluding carboxylic acids is 1. The van der Waals surface area contributed by atoms with Gasteiger partial charge in [-0.3, -0.25) is 4.79 Å². The molecule has 0 heterocycles.